The summed E-state index contributed by atoms with van der Waals surface area (Å²) < 4.78 is 49.9. The summed E-state index contributed by atoms with van der Waals surface area (Å²) >= 11 is 0. The lowest BCUT2D eigenvalue weighted by atomic mass is 10.2. The van der Waals surface area contributed by atoms with E-state index in [0.29, 0.717) is 5.71 Å². The largest absolute Gasteiger partial charge is 0.279 e. The molecule has 23 heavy (non-hydrogen) atoms. The van der Waals surface area contributed by atoms with E-state index in [1.807, 2.05) is 6.07 Å². The van der Waals surface area contributed by atoms with E-state index in [0.717, 1.165) is 4.41 Å². The third-order valence-corrected chi connectivity index (χ3v) is 6.80. The maximum atomic E-state index is 12.8. The van der Waals surface area contributed by atoms with E-state index in [-0.39, 0.29) is 28.4 Å². The average molecular weight is 355 g/mol. The zero-order valence-corrected chi connectivity index (χ0v) is 14.4. The number of hydrazone groups is 1. The Labute approximate surface area is 136 Å². The normalized spacial score (nSPS) is 19.8. The van der Waals surface area contributed by atoms with E-state index in [1.54, 1.807) is 13.8 Å². The first-order valence-electron chi connectivity index (χ1n) is 6.92. The van der Waals surface area contributed by atoms with Gasteiger partial charge in [-0.15, -0.1) is 0 Å². The summed E-state index contributed by atoms with van der Waals surface area (Å²) in [6.07, 6.45) is 0.205. The van der Waals surface area contributed by atoms with Gasteiger partial charge < -0.3 is 0 Å². The molecule has 7 nitrogen and oxygen atoms in total. The monoisotopic (exact) mass is 355 g/mol. The fraction of sp³-hybridized carbons (Fsp3) is 0.429. The minimum Gasteiger partial charge on any atom is -0.229 e. The summed E-state index contributed by atoms with van der Waals surface area (Å²) in [5.41, 5.74) is 0.705. The van der Waals surface area contributed by atoms with Crippen molar-refractivity contribution in [1.29, 1.82) is 5.26 Å². The highest BCUT2D eigenvalue weighted by Crippen LogP contribution is 2.26. The van der Waals surface area contributed by atoms with E-state index in [2.05, 4.69) is 5.10 Å². The Morgan fingerprint density at radius 3 is 2.61 bits per heavy atom. The fourth-order valence-corrected chi connectivity index (χ4v) is 5.68. The van der Waals surface area contributed by atoms with Crippen LogP contribution in [0, 0.1) is 11.3 Å². The highest BCUT2D eigenvalue weighted by molar-refractivity contribution is 7.92. The Bertz CT molecular complexity index is 879. The summed E-state index contributed by atoms with van der Waals surface area (Å²) in [5.74, 6) is -0.304. The SMILES string of the molecule is CC(C)=NN([C@@H]1CCS(=O)(=O)C1)S(=O)(=O)c1cccc(C#N)c1. The summed E-state index contributed by atoms with van der Waals surface area (Å²) in [6, 6.07) is 6.75. The van der Waals surface area contributed by atoms with Crippen LogP contribution in [0.15, 0.2) is 34.3 Å². The van der Waals surface area contributed by atoms with E-state index in [4.69, 9.17) is 5.26 Å². The molecular formula is C14H17N3O4S2. The molecule has 0 amide bonds. The standard InChI is InChI=1S/C14H17N3O4S2/c1-11(2)16-17(13-6-7-22(18,19)10-13)23(20,21)14-5-3-4-12(8-14)9-15/h3-5,8,13H,6-7,10H2,1-2H3/t13-/m1/s1. The topological polar surface area (TPSA) is 108 Å². The predicted octanol–water partition coefficient (Wildman–Crippen LogP) is 1.13. The Hall–Kier alpha value is -1.92. The van der Waals surface area contributed by atoms with Gasteiger partial charge in [-0.25, -0.2) is 8.42 Å². The second kappa shape index (κ2) is 6.29. The number of hydrogen-bond acceptors (Lipinski definition) is 6. The predicted molar refractivity (Wildman–Crippen MR) is 86.0 cm³/mol. The van der Waals surface area contributed by atoms with Crippen molar-refractivity contribution in [1.82, 2.24) is 4.41 Å². The van der Waals surface area contributed by atoms with Gasteiger partial charge in [0.15, 0.2) is 9.84 Å². The van der Waals surface area contributed by atoms with Crippen molar-refractivity contribution < 1.29 is 16.8 Å². The van der Waals surface area contributed by atoms with Crippen molar-refractivity contribution >= 4 is 25.6 Å². The lowest BCUT2D eigenvalue weighted by molar-refractivity contribution is 0.355. The Morgan fingerprint density at radius 1 is 1.39 bits per heavy atom. The summed E-state index contributed by atoms with van der Waals surface area (Å²) in [4.78, 5) is -0.0779. The highest BCUT2D eigenvalue weighted by Gasteiger charge is 2.38. The van der Waals surface area contributed by atoms with Crippen molar-refractivity contribution in [3.05, 3.63) is 29.8 Å². The van der Waals surface area contributed by atoms with E-state index >= 15 is 0 Å². The van der Waals surface area contributed by atoms with Gasteiger partial charge in [0, 0.05) is 5.71 Å². The zero-order chi connectivity index (χ0) is 17.3. The number of sulfonamides is 1. The van der Waals surface area contributed by atoms with Gasteiger partial charge >= 0.3 is 0 Å². The van der Waals surface area contributed by atoms with E-state index in [9.17, 15) is 16.8 Å². The zero-order valence-electron chi connectivity index (χ0n) is 12.8. The van der Waals surface area contributed by atoms with Crippen LogP contribution in [0.1, 0.15) is 25.8 Å². The maximum absolute atomic E-state index is 12.8. The third-order valence-electron chi connectivity index (χ3n) is 3.33. The number of rotatable bonds is 4. The summed E-state index contributed by atoms with van der Waals surface area (Å²) in [7, 11) is -7.29. The van der Waals surface area contributed by atoms with Crippen LogP contribution in [0.4, 0.5) is 0 Å². The smallest absolute Gasteiger partial charge is 0.229 e. The van der Waals surface area contributed by atoms with Gasteiger partial charge in [-0.3, -0.25) is 0 Å². The second-order valence-electron chi connectivity index (χ2n) is 5.52. The molecule has 1 fully saturated rings. The molecule has 1 aromatic rings. The molecule has 1 atom stereocenters. The number of hydrogen-bond donors (Lipinski definition) is 0. The first-order valence-corrected chi connectivity index (χ1v) is 10.2. The van der Waals surface area contributed by atoms with Crippen LogP contribution in [-0.4, -0.2) is 44.5 Å². The van der Waals surface area contributed by atoms with Crippen LogP contribution in [0.5, 0.6) is 0 Å². The molecule has 0 saturated carbocycles. The Balaban J connectivity index is 2.50. The number of nitrogens with zero attached hydrogens (tertiary/aromatic N) is 3. The van der Waals surface area contributed by atoms with Crippen LogP contribution >= 0.6 is 0 Å². The second-order valence-corrected chi connectivity index (χ2v) is 9.55. The van der Waals surface area contributed by atoms with Crippen LogP contribution in [0.3, 0.4) is 0 Å². The van der Waals surface area contributed by atoms with Gasteiger partial charge in [-0.2, -0.15) is 23.2 Å². The molecule has 1 aliphatic rings. The molecule has 0 spiro atoms. The molecule has 1 saturated heterocycles. The summed E-state index contributed by atoms with van der Waals surface area (Å²) in [6.45, 7) is 3.27. The molecule has 0 N–H and O–H groups in total. The Morgan fingerprint density at radius 2 is 2.09 bits per heavy atom. The quantitative estimate of drug-likeness (QED) is 0.594. The van der Waals surface area contributed by atoms with E-state index < -0.39 is 25.9 Å². The van der Waals surface area contributed by atoms with Gasteiger partial charge in [0.2, 0.25) is 0 Å². The fourth-order valence-electron chi connectivity index (χ4n) is 2.31. The molecular weight excluding hydrogens is 338 g/mol. The van der Waals surface area contributed by atoms with Gasteiger partial charge in [-0.05, 0) is 38.5 Å². The molecule has 0 aliphatic carbocycles. The molecule has 124 valence electrons. The van der Waals surface area contributed by atoms with Crippen molar-refractivity contribution in [2.45, 2.75) is 31.2 Å². The van der Waals surface area contributed by atoms with Crippen molar-refractivity contribution in [2.24, 2.45) is 5.10 Å². The molecule has 0 unspecified atom stereocenters. The average Bonchev–Trinajstić information content (AvgIpc) is 2.84. The van der Waals surface area contributed by atoms with Crippen molar-refractivity contribution in [2.75, 3.05) is 11.5 Å². The first-order chi connectivity index (χ1) is 10.7. The number of benzene rings is 1. The van der Waals surface area contributed by atoms with E-state index in [1.165, 1.54) is 24.3 Å². The first kappa shape index (κ1) is 17.4. The number of sulfone groups is 1. The summed E-state index contributed by atoms with van der Waals surface area (Å²) in [5, 5.41) is 13.0. The lowest BCUT2D eigenvalue weighted by Gasteiger charge is -2.25. The van der Waals surface area contributed by atoms with Gasteiger partial charge in [-0.1, -0.05) is 6.07 Å². The molecule has 1 aromatic carbocycles. The van der Waals surface area contributed by atoms with Gasteiger partial charge in [0.25, 0.3) is 10.0 Å². The van der Waals surface area contributed by atoms with Gasteiger partial charge in [0.05, 0.1) is 34.1 Å². The Kier molecular flexibility index (Phi) is 4.77. The maximum Gasteiger partial charge on any atom is 0.279 e. The molecule has 2 rings (SSSR count). The van der Waals surface area contributed by atoms with Crippen LogP contribution < -0.4 is 0 Å². The molecule has 0 bridgehead atoms. The van der Waals surface area contributed by atoms with Crippen molar-refractivity contribution in [3.8, 4) is 6.07 Å². The minimum absolute atomic E-state index is 0.0554. The lowest BCUT2D eigenvalue weighted by Crippen LogP contribution is -2.37. The molecule has 9 heteroatoms. The van der Waals surface area contributed by atoms with Gasteiger partial charge in [0.1, 0.15) is 0 Å². The minimum atomic E-state index is -4.03. The van der Waals surface area contributed by atoms with Crippen LogP contribution in [0.2, 0.25) is 0 Å². The highest BCUT2D eigenvalue weighted by atomic mass is 32.2. The van der Waals surface area contributed by atoms with Crippen molar-refractivity contribution in [3.63, 3.8) is 0 Å². The molecule has 1 heterocycles. The molecule has 0 radical (unpaired) electrons. The number of nitriles is 1. The molecule has 1 aliphatic heterocycles. The van der Waals surface area contributed by atoms with Crippen LogP contribution in [0.25, 0.3) is 0 Å². The molecule has 0 aromatic heterocycles. The van der Waals surface area contributed by atoms with Crippen LogP contribution in [-0.2, 0) is 19.9 Å². The third kappa shape index (κ3) is 3.89.